The Kier molecular flexibility index (Phi) is 5.42. The van der Waals surface area contributed by atoms with Gasteiger partial charge < -0.3 is 4.90 Å². The van der Waals surface area contributed by atoms with E-state index < -0.39 is 0 Å². The van der Waals surface area contributed by atoms with Crippen molar-refractivity contribution in [3.8, 4) is 0 Å². The molecule has 0 bridgehead atoms. The largest absolute Gasteiger partial charge is 0.343 e. The van der Waals surface area contributed by atoms with Gasteiger partial charge in [0.1, 0.15) is 0 Å². The molecule has 17 heavy (non-hydrogen) atoms. The van der Waals surface area contributed by atoms with Crippen molar-refractivity contribution in [2.75, 3.05) is 19.1 Å². The van der Waals surface area contributed by atoms with Gasteiger partial charge >= 0.3 is 0 Å². The van der Waals surface area contributed by atoms with Gasteiger partial charge in [0.15, 0.2) is 0 Å². The van der Waals surface area contributed by atoms with Crippen LogP contribution in [0.1, 0.15) is 39.5 Å². The smallest absolute Gasteiger partial charge is 0.219 e. The summed E-state index contributed by atoms with van der Waals surface area (Å²) in [5, 5.41) is -0.0444. The summed E-state index contributed by atoms with van der Waals surface area (Å²) < 4.78 is 0. The van der Waals surface area contributed by atoms with Crippen LogP contribution in [0.2, 0.25) is 5.31 Å². The van der Waals surface area contributed by atoms with Gasteiger partial charge in [-0.1, -0.05) is 25.1 Å². The lowest BCUT2D eigenvalue weighted by atomic mass is 9.57. The maximum atomic E-state index is 11.5. The van der Waals surface area contributed by atoms with Gasteiger partial charge in [0.05, 0.1) is 7.85 Å². The Balaban J connectivity index is 2.69. The standard InChI is InChI=1S/C13H24BNOS/c1-10(16)15(3)12-5-7-13(2,14)9-11(12)6-8-17-4/h11-12H,5-9H2,1-4H3. The van der Waals surface area contributed by atoms with Gasteiger partial charge in [-0.05, 0) is 30.8 Å². The second-order valence-electron chi connectivity index (χ2n) is 5.64. The van der Waals surface area contributed by atoms with Crippen LogP contribution in [0.25, 0.3) is 0 Å². The summed E-state index contributed by atoms with van der Waals surface area (Å²) >= 11 is 1.87. The average Bonchev–Trinajstić information content (AvgIpc) is 2.24. The lowest BCUT2D eigenvalue weighted by molar-refractivity contribution is -0.131. The summed E-state index contributed by atoms with van der Waals surface area (Å²) in [6, 6.07) is 0.385. The molecule has 0 aliphatic heterocycles. The summed E-state index contributed by atoms with van der Waals surface area (Å²) in [7, 11) is 8.20. The molecule has 0 saturated heterocycles. The quantitative estimate of drug-likeness (QED) is 0.718. The minimum Gasteiger partial charge on any atom is -0.343 e. The molecule has 4 heteroatoms. The summed E-state index contributed by atoms with van der Waals surface area (Å²) in [5.41, 5.74) is 0. The summed E-state index contributed by atoms with van der Waals surface area (Å²) in [6.07, 6.45) is 6.40. The highest BCUT2D eigenvalue weighted by Crippen LogP contribution is 2.45. The normalized spacial score (nSPS) is 33.4. The van der Waals surface area contributed by atoms with E-state index in [9.17, 15) is 4.79 Å². The lowest BCUT2D eigenvalue weighted by Crippen LogP contribution is -2.45. The maximum absolute atomic E-state index is 11.5. The van der Waals surface area contributed by atoms with Gasteiger partial charge in [0.25, 0.3) is 0 Å². The zero-order valence-corrected chi connectivity index (χ0v) is 12.3. The molecule has 0 N–H and O–H groups in total. The van der Waals surface area contributed by atoms with E-state index in [0.29, 0.717) is 12.0 Å². The molecular formula is C13H24BNOS. The van der Waals surface area contributed by atoms with E-state index in [4.69, 9.17) is 7.85 Å². The Morgan fingerprint density at radius 3 is 2.76 bits per heavy atom. The molecular weight excluding hydrogens is 229 g/mol. The van der Waals surface area contributed by atoms with Crippen LogP contribution in [0.4, 0.5) is 0 Å². The topological polar surface area (TPSA) is 20.3 Å². The molecule has 0 aromatic rings. The van der Waals surface area contributed by atoms with Crippen LogP contribution < -0.4 is 0 Å². The number of hydrogen-bond donors (Lipinski definition) is 0. The Labute approximate surface area is 111 Å². The number of nitrogens with zero attached hydrogens (tertiary/aromatic N) is 1. The average molecular weight is 253 g/mol. The third kappa shape index (κ3) is 4.24. The molecule has 0 heterocycles. The monoisotopic (exact) mass is 253 g/mol. The fourth-order valence-corrected chi connectivity index (χ4v) is 3.40. The molecule has 1 amide bonds. The molecule has 2 radical (unpaired) electrons. The summed E-state index contributed by atoms with van der Waals surface area (Å²) in [5.74, 6) is 1.88. The maximum Gasteiger partial charge on any atom is 0.219 e. The van der Waals surface area contributed by atoms with Crippen LogP contribution in [-0.2, 0) is 4.79 Å². The Hall–Kier alpha value is -0.115. The van der Waals surface area contributed by atoms with E-state index in [0.717, 1.165) is 31.4 Å². The molecule has 96 valence electrons. The van der Waals surface area contributed by atoms with E-state index in [1.54, 1.807) is 6.92 Å². The van der Waals surface area contributed by atoms with Crippen LogP contribution in [0.3, 0.4) is 0 Å². The van der Waals surface area contributed by atoms with Crippen molar-refractivity contribution in [1.82, 2.24) is 4.90 Å². The first kappa shape index (κ1) is 14.9. The molecule has 1 rings (SSSR count). The molecule has 1 aliphatic carbocycles. The van der Waals surface area contributed by atoms with E-state index in [2.05, 4.69) is 13.2 Å². The second kappa shape index (κ2) is 6.17. The molecule has 2 nitrogen and oxygen atoms in total. The number of rotatable bonds is 4. The van der Waals surface area contributed by atoms with Crippen molar-refractivity contribution in [2.24, 2.45) is 5.92 Å². The fourth-order valence-electron chi connectivity index (χ4n) is 2.86. The number of thioether (sulfide) groups is 1. The second-order valence-corrected chi connectivity index (χ2v) is 6.62. The number of amides is 1. The zero-order valence-electron chi connectivity index (χ0n) is 11.5. The van der Waals surface area contributed by atoms with Crippen LogP contribution >= 0.6 is 11.8 Å². The van der Waals surface area contributed by atoms with Crippen LogP contribution in [0.15, 0.2) is 0 Å². The fraction of sp³-hybridized carbons (Fsp3) is 0.923. The molecule has 0 spiro atoms. The first-order valence-corrected chi connectivity index (χ1v) is 7.78. The first-order valence-electron chi connectivity index (χ1n) is 6.38. The molecule has 1 saturated carbocycles. The van der Waals surface area contributed by atoms with Crippen molar-refractivity contribution in [3.63, 3.8) is 0 Å². The van der Waals surface area contributed by atoms with Crippen molar-refractivity contribution in [3.05, 3.63) is 0 Å². The molecule has 1 aliphatic rings. The van der Waals surface area contributed by atoms with Crippen molar-refractivity contribution < 1.29 is 4.79 Å². The Bertz CT molecular complexity index is 270. The molecule has 0 aromatic carbocycles. The van der Waals surface area contributed by atoms with Gasteiger partial charge in [-0.25, -0.2) is 0 Å². The minimum atomic E-state index is -0.0444. The third-order valence-corrected chi connectivity index (χ3v) is 4.61. The molecule has 3 unspecified atom stereocenters. The van der Waals surface area contributed by atoms with Crippen molar-refractivity contribution in [2.45, 2.75) is 50.9 Å². The predicted octanol–water partition coefficient (Wildman–Crippen LogP) is 2.73. The van der Waals surface area contributed by atoms with Gasteiger partial charge in [-0.2, -0.15) is 11.8 Å². The van der Waals surface area contributed by atoms with Gasteiger partial charge in [-0.3, -0.25) is 4.79 Å². The van der Waals surface area contributed by atoms with E-state index in [-0.39, 0.29) is 11.2 Å². The molecule has 0 aromatic heterocycles. The SMILES string of the molecule is [B]C1(C)CCC(N(C)C(C)=O)C(CCSC)C1. The van der Waals surface area contributed by atoms with Crippen LogP contribution in [0, 0.1) is 5.92 Å². The number of carbonyl (C=O) groups excluding carboxylic acids is 1. The highest BCUT2D eigenvalue weighted by atomic mass is 32.2. The first-order chi connectivity index (χ1) is 7.87. The van der Waals surface area contributed by atoms with Gasteiger partial charge in [0, 0.05) is 20.0 Å². The van der Waals surface area contributed by atoms with E-state index in [1.165, 1.54) is 0 Å². The molecule has 3 atom stereocenters. The van der Waals surface area contributed by atoms with Gasteiger partial charge in [0.2, 0.25) is 5.91 Å². The highest BCUT2D eigenvalue weighted by molar-refractivity contribution is 7.98. The predicted molar refractivity (Wildman–Crippen MR) is 76.7 cm³/mol. The third-order valence-electron chi connectivity index (χ3n) is 3.97. The Morgan fingerprint density at radius 2 is 2.24 bits per heavy atom. The van der Waals surface area contributed by atoms with E-state index in [1.807, 2.05) is 23.7 Å². The van der Waals surface area contributed by atoms with Crippen molar-refractivity contribution >= 4 is 25.5 Å². The number of hydrogen-bond acceptors (Lipinski definition) is 2. The summed E-state index contributed by atoms with van der Waals surface area (Å²) in [4.78, 5) is 13.4. The number of carbonyl (C=O) groups is 1. The van der Waals surface area contributed by atoms with Crippen molar-refractivity contribution in [1.29, 1.82) is 0 Å². The van der Waals surface area contributed by atoms with E-state index >= 15 is 0 Å². The minimum absolute atomic E-state index is 0.0444. The zero-order chi connectivity index (χ0) is 13.1. The van der Waals surface area contributed by atoms with Crippen LogP contribution in [-0.4, -0.2) is 43.8 Å². The lowest BCUT2D eigenvalue weighted by Gasteiger charge is -2.44. The highest BCUT2D eigenvalue weighted by Gasteiger charge is 2.36. The molecule has 1 fully saturated rings. The Morgan fingerprint density at radius 1 is 1.59 bits per heavy atom. The van der Waals surface area contributed by atoms with Crippen LogP contribution in [0.5, 0.6) is 0 Å². The van der Waals surface area contributed by atoms with Gasteiger partial charge in [-0.15, -0.1) is 0 Å². The summed E-state index contributed by atoms with van der Waals surface area (Å²) in [6.45, 7) is 3.80.